The summed E-state index contributed by atoms with van der Waals surface area (Å²) in [4.78, 5) is 0.145. The molecule has 0 spiro atoms. The van der Waals surface area contributed by atoms with Crippen molar-refractivity contribution in [3.05, 3.63) is 29.8 Å². The van der Waals surface area contributed by atoms with Gasteiger partial charge in [-0.25, -0.2) is 8.42 Å². The third-order valence-electron chi connectivity index (χ3n) is 3.47. The van der Waals surface area contributed by atoms with Crippen molar-refractivity contribution >= 4 is 10.0 Å². The molecule has 1 aliphatic heterocycles. The van der Waals surface area contributed by atoms with Crippen molar-refractivity contribution in [2.24, 2.45) is 0 Å². The maximum atomic E-state index is 12.7. The van der Waals surface area contributed by atoms with Gasteiger partial charge in [-0.05, 0) is 31.5 Å². The van der Waals surface area contributed by atoms with Crippen LogP contribution in [0.4, 0.5) is 0 Å². The Morgan fingerprint density at radius 3 is 2.76 bits per heavy atom. The summed E-state index contributed by atoms with van der Waals surface area (Å²) >= 11 is 0. The zero-order chi connectivity index (χ0) is 15.6. The molecule has 0 bridgehead atoms. The summed E-state index contributed by atoms with van der Waals surface area (Å²) in [6.45, 7) is 3.52. The first-order valence-electron chi connectivity index (χ1n) is 6.89. The molecule has 118 valence electrons. The van der Waals surface area contributed by atoms with E-state index in [2.05, 4.69) is 0 Å². The fourth-order valence-electron chi connectivity index (χ4n) is 2.38. The van der Waals surface area contributed by atoms with Gasteiger partial charge in [-0.1, -0.05) is 12.1 Å². The largest absolute Gasteiger partial charge is 0.394 e. The Labute approximate surface area is 125 Å². The lowest BCUT2D eigenvalue weighted by molar-refractivity contribution is -0.0750. The number of aliphatic hydroxyl groups is 2. The summed E-state index contributed by atoms with van der Waals surface area (Å²) in [5.41, 5.74) is 0.552. The predicted octanol–water partition coefficient (Wildman–Crippen LogP) is 0.510. The summed E-state index contributed by atoms with van der Waals surface area (Å²) in [5, 5.41) is 18.8. The number of rotatable bonds is 4. The molecular weight excluding hydrogens is 294 g/mol. The van der Waals surface area contributed by atoms with E-state index in [4.69, 9.17) is 4.74 Å². The van der Waals surface area contributed by atoms with Gasteiger partial charge < -0.3 is 14.9 Å². The quantitative estimate of drug-likeness (QED) is 0.845. The summed E-state index contributed by atoms with van der Waals surface area (Å²) < 4.78 is 32.1. The molecule has 0 saturated carbocycles. The van der Waals surface area contributed by atoms with Crippen LogP contribution in [-0.2, 0) is 14.8 Å². The number of morpholine rings is 1. The van der Waals surface area contributed by atoms with Crippen LogP contribution in [0.2, 0.25) is 0 Å². The topological polar surface area (TPSA) is 87.1 Å². The lowest BCUT2D eigenvalue weighted by Crippen LogP contribution is -2.50. The third kappa shape index (κ3) is 3.61. The van der Waals surface area contributed by atoms with Gasteiger partial charge in [0.15, 0.2) is 0 Å². The van der Waals surface area contributed by atoms with E-state index < -0.39 is 22.2 Å². The molecule has 6 nitrogen and oxygen atoms in total. The van der Waals surface area contributed by atoms with Gasteiger partial charge in [0.05, 0.1) is 29.8 Å². The van der Waals surface area contributed by atoms with Gasteiger partial charge >= 0.3 is 0 Å². The molecule has 7 heteroatoms. The number of ether oxygens (including phenoxy) is 1. The van der Waals surface area contributed by atoms with Crippen LogP contribution >= 0.6 is 0 Å². The molecule has 0 amide bonds. The summed E-state index contributed by atoms with van der Waals surface area (Å²) in [6.07, 6.45) is -1.51. The van der Waals surface area contributed by atoms with Crippen LogP contribution in [0.5, 0.6) is 0 Å². The number of benzene rings is 1. The zero-order valence-corrected chi connectivity index (χ0v) is 13.0. The van der Waals surface area contributed by atoms with Crippen LogP contribution in [-0.4, -0.2) is 54.8 Å². The van der Waals surface area contributed by atoms with Gasteiger partial charge in [-0.2, -0.15) is 4.31 Å². The highest BCUT2D eigenvalue weighted by molar-refractivity contribution is 7.89. The van der Waals surface area contributed by atoms with Crippen LogP contribution < -0.4 is 0 Å². The molecule has 3 atom stereocenters. The van der Waals surface area contributed by atoms with Crippen molar-refractivity contribution in [1.29, 1.82) is 0 Å². The first kappa shape index (κ1) is 16.4. The molecular formula is C14H21NO5S. The Morgan fingerprint density at radius 2 is 2.14 bits per heavy atom. The Kier molecular flexibility index (Phi) is 5.00. The van der Waals surface area contributed by atoms with E-state index in [9.17, 15) is 18.6 Å². The monoisotopic (exact) mass is 315 g/mol. The summed E-state index contributed by atoms with van der Waals surface area (Å²) in [6, 6.07) is 6.29. The smallest absolute Gasteiger partial charge is 0.243 e. The first-order chi connectivity index (χ1) is 9.84. The maximum absolute atomic E-state index is 12.7. The molecule has 3 unspecified atom stereocenters. The van der Waals surface area contributed by atoms with E-state index >= 15 is 0 Å². The van der Waals surface area contributed by atoms with E-state index in [-0.39, 0.29) is 30.7 Å². The molecule has 2 rings (SSSR count). The maximum Gasteiger partial charge on any atom is 0.243 e. The average molecular weight is 315 g/mol. The van der Waals surface area contributed by atoms with Crippen LogP contribution in [0.25, 0.3) is 0 Å². The molecule has 1 aromatic carbocycles. The van der Waals surface area contributed by atoms with Crippen molar-refractivity contribution in [2.45, 2.75) is 37.1 Å². The fourth-order valence-corrected chi connectivity index (χ4v) is 3.99. The van der Waals surface area contributed by atoms with Crippen molar-refractivity contribution < 1.29 is 23.4 Å². The van der Waals surface area contributed by atoms with Crippen LogP contribution in [0.3, 0.4) is 0 Å². The van der Waals surface area contributed by atoms with Gasteiger partial charge in [0.2, 0.25) is 10.0 Å². The molecule has 2 N–H and O–H groups in total. The molecule has 0 aromatic heterocycles. The number of hydrogen-bond donors (Lipinski definition) is 2. The minimum Gasteiger partial charge on any atom is -0.394 e. The van der Waals surface area contributed by atoms with E-state index in [1.165, 1.54) is 16.4 Å². The third-order valence-corrected chi connectivity index (χ3v) is 5.30. The highest BCUT2D eigenvalue weighted by Gasteiger charge is 2.33. The van der Waals surface area contributed by atoms with Crippen LogP contribution in [0, 0.1) is 0 Å². The highest BCUT2D eigenvalue weighted by atomic mass is 32.2. The second-order valence-electron chi connectivity index (χ2n) is 5.32. The predicted molar refractivity (Wildman–Crippen MR) is 77.3 cm³/mol. The molecule has 1 fully saturated rings. The van der Waals surface area contributed by atoms with Crippen molar-refractivity contribution in [3.8, 4) is 0 Å². The van der Waals surface area contributed by atoms with E-state index in [1.807, 2.05) is 0 Å². The van der Waals surface area contributed by atoms with E-state index in [0.29, 0.717) is 5.56 Å². The van der Waals surface area contributed by atoms with E-state index in [0.717, 1.165) is 0 Å². The van der Waals surface area contributed by atoms with Gasteiger partial charge in [0.25, 0.3) is 0 Å². The van der Waals surface area contributed by atoms with Crippen molar-refractivity contribution in [3.63, 3.8) is 0 Å². The minimum atomic E-state index is -3.66. The Hall–Kier alpha value is -0.990. The molecule has 0 radical (unpaired) electrons. The van der Waals surface area contributed by atoms with Crippen LogP contribution in [0.1, 0.15) is 25.5 Å². The fraction of sp³-hybridized carbons (Fsp3) is 0.571. The lowest BCUT2D eigenvalue weighted by Gasteiger charge is -2.35. The van der Waals surface area contributed by atoms with Gasteiger partial charge in [0, 0.05) is 13.1 Å². The van der Waals surface area contributed by atoms with Gasteiger partial charge in [0.1, 0.15) is 0 Å². The van der Waals surface area contributed by atoms with Crippen molar-refractivity contribution in [1.82, 2.24) is 4.31 Å². The standard InChI is InChI=1S/C14H21NO5S/c1-10-7-15(8-13(9-16)20-10)21(18,19)14-5-3-4-12(6-14)11(2)17/h3-6,10-11,13,16-17H,7-9H2,1-2H3. The molecule has 21 heavy (non-hydrogen) atoms. The van der Waals surface area contributed by atoms with Crippen molar-refractivity contribution in [2.75, 3.05) is 19.7 Å². The molecule has 0 aliphatic carbocycles. The van der Waals surface area contributed by atoms with Gasteiger partial charge in [-0.3, -0.25) is 0 Å². The van der Waals surface area contributed by atoms with E-state index in [1.54, 1.807) is 26.0 Å². The summed E-state index contributed by atoms with van der Waals surface area (Å²) in [7, 11) is -3.66. The van der Waals surface area contributed by atoms with Gasteiger partial charge in [-0.15, -0.1) is 0 Å². The average Bonchev–Trinajstić information content (AvgIpc) is 2.46. The molecule has 1 heterocycles. The normalized spacial score (nSPS) is 25.7. The number of aliphatic hydroxyl groups excluding tert-OH is 2. The molecule has 1 aliphatic rings. The second-order valence-corrected chi connectivity index (χ2v) is 7.26. The highest BCUT2D eigenvalue weighted by Crippen LogP contribution is 2.23. The SMILES string of the molecule is CC1CN(S(=O)(=O)c2cccc(C(C)O)c2)CC(CO)O1. The summed E-state index contributed by atoms with van der Waals surface area (Å²) in [5.74, 6) is 0. The Morgan fingerprint density at radius 1 is 1.43 bits per heavy atom. The number of sulfonamides is 1. The van der Waals surface area contributed by atoms with Crippen LogP contribution in [0.15, 0.2) is 29.2 Å². The molecule has 1 aromatic rings. The Bertz CT molecular complexity index is 587. The lowest BCUT2D eigenvalue weighted by atomic mass is 10.1. The number of nitrogens with zero attached hydrogens (tertiary/aromatic N) is 1. The number of hydrogen-bond acceptors (Lipinski definition) is 5. The first-order valence-corrected chi connectivity index (χ1v) is 8.33. The minimum absolute atomic E-state index is 0.127. The zero-order valence-electron chi connectivity index (χ0n) is 12.1. The Balaban J connectivity index is 2.31. The second kappa shape index (κ2) is 6.41. The molecule has 1 saturated heterocycles.